The van der Waals surface area contributed by atoms with E-state index in [2.05, 4.69) is 5.32 Å². The summed E-state index contributed by atoms with van der Waals surface area (Å²) < 4.78 is 5.55. The molecule has 0 bridgehead atoms. The van der Waals surface area contributed by atoms with Crippen LogP contribution in [-0.2, 0) is 9.53 Å². The molecule has 5 heteroatoms. The molecule has 2 rings (SSSR count). The standard InChI is InChI=1S/C16H30N2O3/c1-17-16(7-3-2-4-8-16)13-15(20)18-9-5-14(6-10-18)21-12-11-19/h14,17,19H,2-13H2,1H3. The Bertz CT molecular complexity index is 321. The summed E-state index contributed by atoms with van der Waals surface area (Å²) in [5.74, 6) is 0.284. The lowest BCUT2D eigenvalue weighted by Gasteiger charge is -2.39. The van der Waals surface area contributed by atoms with Crippen LogP contribution >= 0.6 is 0 Å². The van der Waals surface area contributed by atoms with Crippen LogP contribution in [0.2, 0.25) is 0 Å². The second-order valence-electron chi connectivity index (χ2n) is 6.44. The Morgan fingerprint density at radius 3 is 2.52 bits per heavy atom. The number of amides is 1. The molecular formula is C16H30N2O3. The molecule has 1 aliphatic carbocycles. The first-order chi connectivity index (χ1) is 10.2. The lowest BCUT2D eigenvalue weighted by Crippen LogP contribution is -2.50. The van der Waals surface area contributed by atoms with Gasteiger partial charge in [0, 0.05) is 25.0 Å². The van der Waals surface area contributed by atoms with Crippen LogP contribution < -0.4 is 5.32 Å². The number of aliphatic hydroxyl groups is 1. The van der Waals surface area contributed by atoms with Crippen molar-refractivity contribution >= 4 is 5.91 Å². The zero-order chi connectivity index (χ0) is 15.1. The summed E-state index contributed by atoms with van der Waals surface area (Å²) in [5.41, 5.74) is 0.0274. The van der Waals surface area contributed by atoms with Crippen LogP contribution in [0.15, 0.2) is 0 Å². The third-order valence-corrected chi connectivity index (χ3v) is 5.07. The van der Waals surface area contributed by atoms with Crippen molar-refractivity contribution in [2.75, 3.05) is 33.4 Å². The van der Waals surface area contributed by atoms with Crippen LogP contribution in [0.3, 0.4) is 0 Å². The van der Waals surface area contributed by atoms with Crippen LogP contribution in [0, 0.1) is 0 Å². The summed E-state index contributed by atoms with van der Waals surface area (Å²) in [7, 11) is 1.99. The number of hydrogen-bond acceptors (Lipinski definition) is 4. The quantitative estimate of drug-likeness (QED) is 0.776. The topological polar surface area (TPSA) is 61.8 Å². The van der Waals surface area contributed by atoms with Crippen molar-refractivity contribution in [2.24, 2.45) is 0 Å². The van der Waals surface area contributed by atoms with Crippen molar-refractivity contribution in [3.63, 3.8) is 0 Å². The van der Waals surface area contributed by atoms with E-state index >= 15 is 0 Å². The minimum Gasteiger partial charge on any atom is -0.394 e. The van der Waals surface area contributed by atoms with Gasteiger partial charge in [0.25, 0.3) is 0 Å². The van der Waals surface area contributed by atoms with Crippen LogP contribution in [0.5, 0.6) is 0 Å². The maximum Gasteiger partial charge on any atom is 0.224 e. The summed E-state index contributed by atoms with van der Waals surface area (Å²) in [6.45, 7) is 2.05. The van der Waals surface area contributed by atoms with E-state index in [0.29, 0.717) is 13.0 Å². The third kappa shape index (κ3) is 4.66. The van der Waals surface area contributed by atoms with Crippen molar-refractivity contribution < 1.29 is 14.6 Å². The molecule has 2 aliphatic rings. The van der Waals surface area contributed by atoms with Gasteiger partial charge in [-0.2, -0.15) is 0 Å². The average molecular weight is 298 g/mol. The largest absolute Gasteiger partial charge is 0.394 e. The molecule has 1 saturated heterocycles. The zero-order valence-corrected chi connectivity index (χ0v) is 13.3. The molecule has 0 atom stereocenters. The Hall–Kier alpha value is -0.650. The van der Waals surface area contributed by atoms with E-state index in [0.717, 1.165) is 38.8 Å². The molecule has 0 unspecified atom stereocenters. The van der Waals surface area contributed by atoms with Crippen molar-refractivity contribution in [3.05, 3.63) is 0 Å². The predicted molar refractivity (Wildman–Crippen MR) is 82.1 cm³/mol. The molecule has 21 heavy (non-hydrogen) atoms. The maximum absolute atomic E-state index is 12.6. The van der Waals surface area contributed by atoms with Gasteiger partial charge >= 0.3 is 0 Å². The smallest absolute Gasteiger partial charge is 0.224 e. The van der Waals surface area contributed by atoms with Crippen LogP contribution in [-0.4, -0.2) is 60.9 Å². The Labute approximate surface area is 128 Å². The first kappa shape index (κ1) is 16.7. The summed E-state index contributed by atoms with van der Waals surface area (Å²) in [4.78, 5) is 14.5. The lowest BCUT2D eigenvalue weighted by molar-refractivity contribution is -0.136. The number of ether oxygens (including phenoxy) is 1. The predicted octanol–water partition coefficient (Wildman–Crippen LogP) is 1.30. The van der Waals surface area contributed by atoms with Crippen LogP contribution in [0.1, 0.15) is 51.4 Å². The summed E-state index contributed by atoms with van der Waals surface area (Å²) in [5, 5.41) is 12.2. The number of rotatable bonds is 6. The van der Waals surface area contributed by atoms with Crippen molar-refractivity contribution in [3.8, 4) is 0 Å². The van der Waals surface area contributed by atoms with Gasteiger partial charge in [-0.25, -0.2) is 0 Å². The number of carbonyl (C=O) groups is 1. The SMILES string of the molecule is CNC1(CC(=O)N2CCC(OCCO)CC2)CCCCC1. The Balaban J connectivity index is 1.78. The van der Waals surface area contributed by atoms with Crippen molar-refractivity contribution in [2.45, 2.75) is 63.0 Å². The molecule has 5 nitrogen and oxygen atoms in total. The van der Waals surface area contributed by atoms with E-state index in [-0.39, 0.29) is 24.2 Å². The van der Waals surface area contributed by atoms with Gasteiger partial charge in [-0.3, -0.25) is 4.79 Å². The van der Waals surface area contributed by atoms with Gasteiger partial charge in [-0.15, -0.1) is 0 Å². The van der Waals surface area contributed by atoms with Gasteiger partial charge in [0.05, 0.1) is 19.3 Å². The van der Waals surface area contributed by atoms with Gasteiger partial charge in [0.2, 0.25) is 5.91 Å². The van der Waals surface area contributed by atoms with Gasteiger partial charge in [0.1, 0.15) is 0 Å². The van der Waals surface area contributed by atoms with Gasteiger partial charge in [-0.1, -0.05) is 19.3 Å². The summed E-state index contributed by atoms with van der Waals surface area (Å²) in [6, 6.07) is 0. The van der Waals surface area contributed by atoms with Gasteiger partial charge in [0.15, 0.2) is 0 Å². The minimum atomic E-state index is 0.0274. The molecule has 0 spiro atoms. The van der Waals surface area contributed by atoms with Crippen molar-refractivity contribution in [1.82, 2.24) is 10.2 Å². The van der Waals surface area contributed by atoms with Gasteiger partial charge in [-0.05, 0) is 32.7 Å². The zero-order valence-electron chi connectivity index (χ0n) is 13.3. The monoisotopic (exact) mass is 298 g/mol. The lowest BCUT2D eigenvalue weighted by atomic mass is 9.79. The van der Waals surface area contributed by atoms with Gasteiger partial charge < -0.3 is 20.1 Å². The molecule has 1 saturated carbocycles. The Morgan fingerprint density at radius 1 is 1.29 bits per heavy atom. The number of hydrogen-bond donors (Lipinski definition) is 2. The highest BCUT2D eigenvalue weighted by Gasteiger charge is 2.35. The Kier molecular flexibility index (Phi) is 6.45. The van der Waals surface area contributed by atoms with E-state index < -0.39 is 0 Å². The van der Waals surface area contributed by atoms with E-state index in [1.807, 2.05) is 11.9 Å². The fourth-order valence-corrected chi connectivity index (χ4v) is 3.64. The molecule has 2 N–H and O–H groups in total. The second-order valence-corrected chi connectivity index (χ2v) is 6.44. The number of nitrogens with zero attached hydrogens (tertiary/aromatic N) is 1. The number of carbonyl (C=O) groups excluding carboxylic acids is 1. The molecule has 0 radical (unpaired) electrons. The number of nitrogens with one attached hydrogen (secondary N) is 1. The first-order valence-corrected chi connectivity index (χ1v) is 8.38. The summed E-state index contributed by atoms with van der Waals surface area (Å²) in [6.07, 6.45) is 8.59. The highest BCUT2D eigenvalue weighted by Crippen LogP contribution is 2.31. The minimum absolute atomic E-state index is 0.0274. The van der Waals surface area contributed by atoms with E-state index in [4.69, 9.17) is 9.84 Å². The average Bonchev–Trinajstić information content (AvgIpc) is 2.54. The van der Waals surface area contributed by atoms with Crippen molar-refractivity contribution in [1.29, 1.82) is 0 Å². The molecule has 1 aliphatic heterocycles. The fraction of sp³-hybridized carbons (Fsp3) is 0.938. The Morgan fingerprint density at radius 2 is 1.95 bits per heavy atom. The number of piperidine rings is 1. The summed E-state index contributed by atoms with van der Waals surface area (Å²) >= 11 is 0. The van der Waals surface area contributed by atoms with Crippen LogP contribution in [0.4, 0.5) is 0 Å². The van der Waals surface area contributed by atoms with E-state index in [1.54, 1.807) is 0 Å². The fourth-order valence-electron chi connectivity index (χ4n) is 3.64. The number of likely N-dealkylation sites (tertiary alicyclic amines) is 1. The second kappa shape index (κ2) is 8.11. The molecule has 2 fully saturated rings. The van der Waals surface area contributed by atoms with E-state index in [1.165, 1.54) is 19.3 Å². The van der Waals surface area contributed by atoms with Crippen LogP contribution in [0.25, 0.3) is 0 Å². The molecule has 1 amide bonds. The molecule has 1 heterocycles. The molecule has 0 aromatic heterocycles. The van der Waals surface area contributed by atoms with E-state index in [9.17, 15) is 4.79 Å². The molecular weight excluding hydrogens is 268 g/mol. The first-order valence-electron chi connectivity index (χ1n) is 8.38. The highest BCUT2D eigenvalue weighted by molar-refractivity contribution is 5.77. The highest BCUT2D eigenvalue weighted by atomic mass is 16.5. The molecule has 122 valence electrons. The molecule has 0 aromatic carbocycles. The third-order valence-electron chi connectivity index (χ3n) is 5.07. The normalized spacial score (nSPS) is 23.2. The molecule has 0 aromatic rings. The maximum atomic E-state index is 12.6. The number of aliphatic hydroxyl groups excluding tert-OH is 1.